The summed E-state index contributed by atoms with van der Waals surface area (Å²) in [5.74, 6) is 3.03. The molecule has 152 valence electrons. The van der Waals surface area contributed by atoms with Crippen molar-refractivity contribution in [1.82, 2.24) is 20.2 Å². The average molecular weight is 396 g/mol. The van der Waals surface area contributed by atoms with E-state index in [4.69, 9.17) is 13.8 Å². The number of carbonyl (C=O) groups is 1. The molecule has 1 saturated heterocycles. The summed E-state index contributed by atoms with van der Waals surface area (Å²) in [4.78, 5) is 19.0. The van der Waals surface area contributed by atoms with Gasteiger partial charge < -0.3 is 18.7 Å². The lowest BCUT2D eigenvalue weighted by atomic mass is 9.96. The molecule has 8 nitrogen and oxygen atoms in total. The van der Waals surface area contributed by atoms with Crippen molar-refractivity contribution in [1.29, 1.82) is 0 Å². The lowest BCUT2D eigenvalue weighted by Crippen LogP contribution is -2.38. The molecule has 1 aromatic carbocycles. The van der Waals surface area contributed by atoms with E-state index < -0.39 is 0 Å². The highest BCUT2D eigenvalue weighted by molar-refractivity contribution is 5.94. The van der Waals surface area contributed by atoms with E-state index in [2.05, 4.69) is 15.3 Å². The molecule has 0 unspecified atom stereocenters. The van der Waals surface area contributed by atoms with Gasteiger partial charge in [-0.3, -0.25) is 4.79 Å². The second-order valence-electron chi connectivity index (χ2n) is 7.36. The van der Waals surface area contributed by atoms with Crippen molar-refractivity contribution in [2.24, 2.45) is 0 Å². The van der Waals surface area contributed by atoms with Crippen molar-refractivity contribution in [2.75, 3.05) is 13.1 Å². The lowest BCUT2D eigenvalue weighted by Gasteiger charge is -2.30. The van der Waals surface area contributed by atoms with Crippen LogP contribution >= 0.6 is 0 Å². The highest BCUT2D eigenvalue weighted by atomic mass is 16.5. The molecule has 2 aromatic heterocycles. The maximum atomic E-state index is 12.8. The van der Waals surface area contributed by atoms with Crippen LogP contribution in [0.3, 0.4) is 0 Å². The molecule has 1 amide bonds. The molecule has 0 bridgehead atoms. The van der Waals surface area contributed by atoms with Gasteiger partial charge in [-0.15, -0.1) is 0 Å². The van der Waals surface area contributed by atoms with Crippen molar-refractivity contribution >= 4 is 5.91 Å². The first-order valence-corrected chi connectivity index (χ1v) is 9.75. The number of aryl methyl sites for hydroxylation is 3. The number of ether oxygens (including phenoxy) is 1. The summed E-state index contributed by atoms with van der Waals surface area (Å²) in [6.07, 6.45) is 1.65. The van der Waals surface area contributed by atoms with Crippen LogP contribution in [0.4, 0.5) is 0 Å². The number of aromatic nitrogens is 3. The molecule has 0 saturated carbocycles. The van der Waals surface area contributed by atoms with E-state index in [0.29, 0.717) is 42.7 Å². The summed E-state index contributed by atoms with van der Waals surface area (Å²) >= 11 is 0. The summed E-state index contributed by atoms with van der Waals surface area (Å²) in [5, 5.41) is 7.78. The molecule has 0 atom stereocenters. The van der Waals surface area contributed by atoms with E-state index in [-0.39, 0.29) is 11.8 Å². The van der Waals surface area contributed by atoms with Crippen molar-refractivity contribution in [2.45, 2.75) is 46.1 Å². The Morgan fingerprint density at radius 1 is 1.10 bits per heavy atom. The maximum absolute atomic E-state index is 12.8. The topological polar surface area (TPSA) is 94.5 Å². The fourth-order valence-corrected chi connectivity index (χ4v) is 3.55. The monoisotopic (exact) mass is 396 g/mol. The predicted molar refractivity (Wildman–Crippen MR) is 104 cm³/mol. The number of hydrogen-bond donors (Lipinski definition) is 0. The van der Waals surface area contributed by atoms with Gasteiger partial charge in [-0.1, -0.05) is 10.3 Å². The molecule has 1 aliphatic rings. The summed E-state index contributed by atoms with van der Waals surface area (Å²) in [6, 6.07) is 7.25. The van der Waals surface area contributed by atoms with Crippen LogP contribution in [-0.4, -0.2) is 39.2 Å². The zero-order chi connectivity index (χ0) is 20.4. The molecular formula is C21H24N4O4. The zero-order valence-corrected chi connectivity index (χ0v) is 16.8. The van der Waals surface area contributed by atoms with Crippen LogP contribution in [-0.2, 0) is 6.61 Å². The maximum Gasteiger partial charge on any atom is 0.253 e. The van der Waals surface area contributed by atoms with Gasteiger partial charge in [-0.2, -0.15) is 4.98 Å². The smallest absolute Gasteiger partial charge is 0.253 e. The number of piperidine rings is 1. The minimum absolute atomic E-state index is 0.0300. The third-order valence-electron chi connectivity index (χ3n) is 5.34. The molecule has 1 aliphatic heterocycles. The molecule has 1 fully saturated rings. The number of likely N-dealkylation sites (tertiary alicyclic amines) is 1. The van der Waals surface area contributed by atoms with Gasteiger partial charge in [0.15, 0.2) is 5.82 Å². The highest BCUT2D eigenvalue weighted by Gasteiger charge is 2.27. The SMILES string of the molecule is Cc1noc(C2CCN(C(=O)c3ccc(OCc4c(C)noc4C)cc3)CC2)n1. The normalized spacial score (nSPS) is 14.9. The summed E-state index contributed by atoms with van der Waals surface area (Å²) in [7, 11) is 0. The van der Waals surface area contributed by atoms with E-state index >= 15 is 0 Å². The predicted octanol–water partition coefficient (Wildman–Crippen LogP) is 3.58. The van der Waals surface area contributed by atoms with Gasteiger partial charge in [-0.05, 0) is 57.9 Å². The van der Waals surface area contributed by atoms with Crippen LogP contribution in [0.25, 0.3) is 0 Å². The molecule has 0 radical (unpaired) electrons. The Kier molecular flexibility index (Phi) is 5.33. The highest BCUT2D eigenvalue weighted by Crippen LogP contribution is 2.27. The first-order valence-electron chi connectivity index (χ1n) is 9.75. The summed E-state index contributed by atoms with van der Waals surface area (Å²) in [6.45, 7) is 7.30. The number of carbonyl (C=O) groups excluding carboxylic acids is 1. The van der Waals surface area contributed by atoms with Gasteiger partial charge in [0.1, 0.15) is 18.1 Å². The van der Waals surface area contributed by atoms with Crippen LogP contribution in [0, 0.1) is 20.8 Å². The van der Waals surface area contributed by atoms with Crippen molar-refractivity contribution in [3.8, 4) is 5.75 Å². The fraction of sp³-hybridized carbons (Fsp3) is 0.429. The summed E-state index contributed by atoms with van der Waals surface area (Å²) in [5.41, 5.74) is 2.43. The summed E-state index contributed by atoms with van der Waals surface area (Å²) < 4.78 is 16.2. The largest absolute Gasteiger partial charge is 0.489 e. The Hall–Kier alpha value is -3.16. The fourth-order valence-electron chi connectivity index (χ4n) is 3.55. The van der Waals surface area contributed by atoms with Crippen LogP contribution in [0.5, 0.6) is 5.75 Å². The van der Waals surface area contributed by atoms with E-state index in [1.807, 2.05) is 37.8 Å². The van der Waals surface area contributed by atoms with E-state index in [1.54, 1.807) is 12.1 Å². The first-order chi connectivity index (χ1) is 14.0. The van der Waals surface area contributed by atoms with E-state index in [1.165, 1.54) is 0 Å². The lowest BCUT2D eigenvalue weighted by molar-refractivity contribution is 0.0704. The first kappa shape index (κ1) is 19.2. The van der Waals surface area contributed by atoms with Crippen LogP contribution in [0.1, 0.15) is 57.9 Å². The van der Waals surface area contributed by atoms with Crippen molar-refractivity contribution in [3.63, 3.8) is 0 Å². The minimum Gasteiger partial charge on any atom is -0.489 e. The molecule has 29 heavy (non-hydrogen) atoms. The number of nitrogens with zero attached hydrogens (tertiary/aromatic N) is 4. The molecule has 0 aliphatic carbocycles. The molecule has 8 heteroatoms. The van der Waals surface area contributed by atoms with Gasteiger partial charge in [0.2, 0.25) is 5.89 Å². The average Bonchev–Trinajstić information content (AvgIpc) is 3.32. The van der Waals surface area contributed by atoms with Gasteiger partial charge in [0.25, 0.3) is 5.91 Å². The molecule has 3 aromatic rings. The Morgan fingerprint density at radius 3 is 2.41 bits per heavy atom. The Labute approximate surface area is 168 Å². The van der Waals surface area contributed by atoms with Crippen molar-refractivity contribution < 1.29 is 18.6 Å². The van der Waals surface area contributed by atoms with Crippen LogP contribution in [0.15, 0.2) is 33.3 Å². The molecular weight excluding hydrogens is 372 g/mol. The quantitative estimate of drug-likeness (QED) is 0.650. The van der Waals surface area contributed by atoms with Gasteiger partial charge in [0.05, 0.1) is 11.3 Å². The Morgan fingerprint density at radius 2 is 1.83 bits per heavy atom. The molecule has 0 spiro atoms. The van der Waals surface area contributed by atoms with Crippen molar-refractivity contribution in [3.05, 3.63) is 58.6 Å². The Balaban J connectivity index is 1.32. The van der Waals surface area contributed by atoms with Crippen LogP contribution < -0.4 is 4.74 Å². The van der Waals surface area contributed by atoms with Gasteiger partial charge >= 0.3 is 0 Å². The van der Waals surface area contributed by atoms with Gasteiger partial charge in [-0.25, -0.2) is 0 Å². The number of amides is 1. The minimum atomic E-state index is 0.0300. The number of benzene rings is 1. The third-order valence-corrected chi connectivity index (χ3v) is 5.34. The van der Waals surface area contributed by atoms with E-state index in [0.717, 1.165) is 29.9 Å². The number of rotatable bonds is 5. The molecule has 4 rings (SSSR count). The zero-order valence-electron chi connectivity index (χ0n) is 16.8. The molecule has 3 heterocycles. The number of hydrogen-bond acceptors (Lipinski definition) is 7. The van der Waals surface area contributed by atoms with Crippen LogP contribution in [0.2, 0.25) is 0 Å². The van der Waals surface area contributed by atoms with E-state index in [9.17, 15) is 4.79 Å². The Bertz CT molecular complexity index is 965. The third kappa shape index (κ3) is 4.16. The second-order valence-corrected chi connectivity index (χ2v) is 7.36. The second kappa shape index (κ2) is 8.06. The molecule has 0 N–H and O–H groups in total. The standard InChI is InChI=1S/C21H24N4O4/c1-13-19(14(2)28-23-13)12-27-18-6-4-17(5-7-18)21(26)25-10-8-16(9-11-25)20-22-15(3)24-29-20/h4-7,16H,8-12H2,1-3H3. The van der Waals surface area contributed by atoms with Gasteiger partial charge in [0, 0.05) is 24.6 Å².